The van der Waals surface area contributed by atoms with Crippen molar-refractivity contribution >= 4 is 34.5 Å². The molecule has 0 aliphatic carbocycles. The van der Waals surface area contributed by atoms with Gasteiger partial charge in [-0.2, -0.15) is 0 Å². The van der Waals surface area contributed by atoms with E-state index in [-0.39, 0.29) is 12.1 Å². The summed E-state index contributed by atoms with van der Waals surface area (Å²) in [5.41, 5.74) is -0.336. The molecule has 0 spiro atoms. The summed E-state index contributed by atoms with van der Waals surface area (Å²) in [6.45, 7) is 1.06. The Morgan fingerprint density at radius 1 is 1.65 bits per heavy atom. The Morgan fingerprint density at radius 3 is 2.82 bits per heavy atom. The predicted octanol–water partition coefficient (Wildman–Crippen LogP) is -0.563. The minimum Gasteiger partial charge on any atom is -0.480 e. The number of rotatable bonds is 4. The van der Waals surface area contributed by atoms with Crippen molar-refractivity contribution in [3.63, 3.8) is 0 Å². The van der Waals surface area contributed by atoms with E-state index in [1.165, 1.54) is 19.4 Å². The van der Waals surface area contributed by atoms with E-state index in [0.29, 0.717) is 3.57 Å². The molecular weight excluding hydrogens is 341 g/mol. The van der Waals surface area contributed by atoms with Crippen molar-refractivity contribution in [1.29, 1.82) is 0 Å². The first kappa shape index (κ1) is 13.6. The molecule has 1 unspecified atom stereocenters. The maximum atomic E-state index is 11.6. The average Bonchev–Trinajstić information content (AvgIpc) is 2.22. The monoisotopic (exact) mass is 351 g/mol. The summed E-state index contributed by atoms with van der Waals surface area (Å²) in [6.07, 6.45) is 2.62. The molecule has 8 heteroatoms. The summed E-state index contributed by atoms with van der Waals surface area (Å²) in [4.78, 5) is 37.1. The molecule has 0 aliphatic heterocycles. The molecule has 0 saturated carbocycles. The van der Waals surface area contributed by atoms with Gasteiger partial charge in [0, 0.05) is 13.1 Å². The topological polar surface area (TPSA) is 101 Å². The van der Waals surface area contributed by atoms with Crippen molar-refractivity contribution in [1.82, 2.24) is 14.9 Å². The number of carbonyl (C=O) groups excluding carboxylic acids is 1. The normalized spacial score (nSPS) is 11.9. The highest BCUT2D eigenvalue weighted by molar-refractivity contribution is 14.1. The quantitative estimate of drug-likeness (QED) is 0.708. The van der Waals surface area contributed by atoms with Crippen molar-refractivity contribution < 1.29 is 14.7 Å². The van der Waals surface area contributed by atoms with Crippen LogP contribution in [0.3, 0.4) is 0 Å². The third kappa shape index (κ3) is 3.80. The van der Waals surface area contributed by atoms with Crippen LogP contribution in [0.4, 0.5) is 0 Å². The van der Waals surface area contributed by atoms with Crippen molar-refractivity contribution in [3.8, 4) is 0 Å². The standard InChI is InChI=1S/C9H10IN3O4/c1-5(14)12-7(9(16)17)3-13-4-11-2-6(10)8(13)15/h2,4,7H,3H2,1H3,(H,12,14)(H,16,17). The number of nitrogens with zero attached hydrogens (tertiary/aromatic N) is 2. The molecule has 1 amide bonds. The van der Waals surface area contributed by atoms with Crippen LogP contribution >= 0.6 is 22.6 Å². The van der Waals surface area contributed by atoms with Crippen LogP contribution in [-0.4, -0.2) is 32.6 Å². The number of carboxylic acids is 1. The molecular formula is C9H10IN3O4. The fraction of sp³-hybridized carbons (Fsp3) is 0.333. The minimum atomic E-state index is -1.20. The summed E-state index contributed by atoms with van der Waals surface area (Å²) < 4.78 is 1.54. The van der Waals surface area contributed by atoms with Crippen LogP contribution in [-0.2, 0) is 16.1 Å². The van der Waals surface area contributed by atoms with E-state index in [1.54, 1.807) is 0 Å². The van der Waals surface area contributed by atoms with Crippen molar-refractivity contribution in [2.45, 2.75) is 19.5 Å². The van der Waals surface area contributed by atoms with E-state index in [1.807, 2.05) is 22.6 Å². The zero-order valence-electron chi connectivity index (χ0n) is 8.88. The van der Waals surface area contributed by atoms with Gasteiger partial charge in [-0.3, -0.25) is 14.2 Å². The van der Waals surface area contributed by atoms with Crippen LogP contribution < -0.4 is 10.9 Å². The van der Waals surface area contributed by atoms with E-state index in [0.717, 1.165) is 4.57 Å². The largest absolute Gasteiger partial charge is 0.480 e. The number of halogens is 1. The van der Waals surface area contributed by atoms with Gasteiger partial charge in [0.15, 0.2) is 0 Å². The molecule has 1 atom stereocenters. The van der Waals surface area contributed by atoms with E-state index in [2.05, 4.69) is 10.3 Å². The lowest BCUT2D eigenvalue weighted by Crippen LogP contribution is -2.44. The maximum Gasteiger partial charge on any atom is 0.328 e. The van der Waals surface area contributed by atoms with Gasteiger partial charge in [-0.25, -0.2) is 9.78 Å². The van der Waals surface area contributed by atoms with E-state index >= 15 is 0 Å². The molecule has 0 fully saturated rings. The first-order valence-corrected chi connectivity index (χ1v) is 5.69. The van der Waals surface area contributed by atoms with Crippen molar-refractivity contribution in [2.24, 2.45) is 0 Å². The number of carboxylic acid groups (broad SMARTS) is 1. The van der Waals surface area contributed by atoms with Gasteiger partial charge in [-0.05, 0) is 22.6 Å². The summed E-state index contributed by atoms with van der Waals surface area (Å²) in [6, 6.07) is -1.15. The fourth-order valence-electron chi connectivity index (χ4n) is 1.18. The second-order valence-corrected chi connectivity index (χ2v) is 4.45. The SMILES string of the molecule is CC(=O)NC(Cn1cncc(I)c1=O)C(=O)O. The molecule has 0 aliphatic rings. The van der Waals surface area contributed by atoms with Crippen molar-refractivity contribution in [2.75, 3.05) is 0 Å². The van der Waals surface area contributed by atoms with Crippen LogP contribution in [0.2, 0.25) is 0 Å². The Balaban J connectivity index is 2.94. The number of nitrogens with one attached hydrogen (secondary N) is 1. The van der Waals surface area contributed by atoms with Crippen molar-refractivity contribution in [3.05, 3.63) is 26.4 Å². The molecule has 0 aromatic carbocycles. The molecule has 0 bridgehead atoms. The third-order valence-electron chi connectivity index (χ3n) is 1.91. The van der Waals surface area contributed by atoms with Gasteiger partial charge in [0.1, 0.15) is 6.04 Å². The molecule has 1 aromatic rings. The first-order chi connectivity index (χ1) is 7.91. The number of carbonyl (C=O) groups is 2. The molecule has 1 rings (SSSR count). The molecule has 0 saturated heterocycles. The molecule has 1 heterocycles. The summed E-state index contributed by atoms with van der Waals surface area (Å²) >= 11 is 1.81. The highest BCUT2D eigenvalue weighted by atomic mass is 127. The fourth-order valence-corrected chi connectivity index (χ4v) is 1.65. The maximum absolute atomic E-state index is 11.6. The second kappa shape index (κ2) is 5.75. The van der Waals surface area contributed by atoms with Crippen LogP contribution in [0.5, 0.6) is 0 Å². The second-order valence-electron chi connectivity index (χ2n) is 3.29. The summed E-state index contributed by atoms with van der Waals surface area (Å²) in [5.74, 6) is -1.67. The Morgan fingerprint density at radius 2 is 2.29 bits per heavy atom. The minimum absolute atomic E-state index is 0.155. The highest BCUT2D eigenvalue weighted by Crippen LogP contribution is 1.95. The van der Waals surface area contributed by atoms with Gasteiger partial charge >= 0.3 is 5.97 Å². The molecule has 1 aromatic heterocycles. The molecule has 7 nitrogen and oxygen atoms in total. The van der Waals surface area contributed by atoms with Crippen LogP contribution in [0.25, 0.3) is 0 Å². The van der Waals surface area contributed by atoms with Gasteiger partial charge in [-0.15, -0.1) is 0 Å². The number of hydrogen-bond acceptors (Lipinski definition) is 4. The van der Waals surface area contributed by atoms with Crippen LogP contribution in [0.15, 0.2) is 17.3 Å². The molecule has 92 valence electrons. The first-order valence-electron chi connectivity index (χ1n) is 4.61. The lowest BCUT2D eigenvalue weighted by Gasteiger charge is -2.14. The zero-order chi connectivity index (χ0) is 13.0. The predicted molar refractivity (Wildman–Crippen MR) is 66.5 cm³/mol. The molecule has 2 N–H and O–H groups in total. The van der Waals surface area contributed by atoms with Crippen LogP contribution in [0.1, 0.15) is 6.92 Å². The molecule has 0 radical (unpaired) electrons. The van der Waals surface area contributed by atoms with Gasteiger partial charge in [0.25, 0.3) is 5.56 Å². The summed E-state index contributed by atoms with van der Waals surface area (Å²) in [5, 5.41) is 11.1. The number of aliphatic carboxylic acids is 1. The Hall–Kier alpha value is -1.45. The van der Waals surface area contributed by atoms with Gasteiger partial charge in [0.2, 0.25) is 5.91 Å². The smallest absolute Gasteiger partial charge is 0.328 e. The van der Waals surface area contributed by atoms with E-state index in [4.69, 9.17) is 5.11 Å². The Bertz CT molecular complexity index is 499. The van der Waals surface area contributed by atoms with Gasteiger partial charge in [-0.1, -0.05) is 0 Å². The van der Waals surface area contributed by atoms with Gasteiger partial charge in [0.05, 0.1) is 16.4 Å². The van der Waals surface area contributed by atoms with Gasteiger partial charge < -0.3 is 10.4 Å². The highest BCUT2D eigenvalue weighted by Gasteiger charge is 2.19. The third-order valence-corrected chi connectivity index (χ3v) is 2.65. The zero-order valence-corrected chi connectivity index (χ0v) is 11.0. The lowest BCUT2D eigenvalue weighted by molar-refractivity contribution is -0.142. The van der Waals surface area contributed by atoms with E-state index in [9.17, 15) is 14.4 Å². The molecule has 17 heavy (non-hydrogen) atoms. The lowest BCUT2D eigenvalue weighted by atomic mass is 10.3. The number of amides is 1. The number of aromatic nitrogens is 2. The Kier molecular flexibility index (Phi) is 4.61. The Labute approximate surface area is 110 Å². The van der Waals surface area contributed by atoms with E-state index < -0.39 is 17.9 Å². The average molecular weight is 351 g/mol. The van der Waals surface area contributed by atoms with Crippen LogP contribution in [0, 0.1) is 3.57 Å². The number of hydrogen-bond donors (Lipinski definition) is 2. The summed E-state index contributed by atoms with van der Waals surface area (Å²) in [7, 11) is 0.